The lowest BCUT2D eigenvalue weighted by Crippen LogP contribution is -2.42. The molecule has 7 heteroatoms. The molecule has 0 atom stereocenters. The van der Waals surface area contributed by atoms with Crippen molar-refractivity contribution in [2.24, 2.45) is 10.8 Å². The number of hydrazine groups is 1. The first-order chi connectivity index (χ1) is 8.19. The average molecular weight is 241 g/mol. The van der Waals surface area contributed by atoms with Crippen LogP contribution in [-0.4, -0.2) is 31.4 Å². The number of nitrogens with zero attached hydrogens (tertiary/aromatic N) is 2. The quantitative estimate of drug-likeness (QED) is 0.218. The number of aliphatic imine (C=N–C) groups is 1. The van der Waals surface area contributed by atoms with Crippen LogP contribution >= 0.6 is 0 Å². The Bertz CT molecular complexity index is 355. The Morgan fingerprint density at radius 1 is 1.53 bits per heavy atom. The maximum absolute atomic E-state index is 5.35. The van der Waals surface area contributed by atoms with Gasteiger partial charge in [0.15, 0.2) is 0 Å². The second kappa shape index (κ2) is 6.87. The van der Waals surface area contributed by atoms with Gasteiger partial charge in [0, 0.05) is 19.2 Å². The van der Waals surface area contributed by atoms with E-state index in [1.165, 1.54) is 0 Å². The van der Waals surface area contributed by atoms with Crippen LogP contribution < -0.4 is 16.6 Å². The monoisotopic (exact) mass is 241 g/mol. The van der Waals surface area contributed by atoms with E-state index in [-0.39, 0.29) is 0 Å². The molecule has 0 aromatic carbocycles. The second-order valence-electron chi connectivity index (χ2n) is 3.53. The molecule has 0 spiro atoms. The number of methoxy groups -OCH3 is 1. The van der Waals surface area contributed by atoms with Crippen molar-refractivity contribution in [3.05, 3.63) is 17.0 Å². The fourth-order valence-corrected chi connectivity index (χ4v) is 1.31. The Morgan fingerprint density at radius 3 is 2.82 bits per heavy atom. The summed E-state index contributed by atoms with van der Waals surface area (Å²) in [4.78, 5) is 4.29. The third-order valence-electron chi connectivity index (χ3n) is 2.31. The molecule has 0 radical (unpaired) electrons. The van der Waals surface area contributed by atoms with Crippen molar-refractivity contribution < 1.29 is 9.26 Å². The molecule has 0 saturated carbocycles. The summed E-state index contributed by atoms with van der Waals surface area (Å²) < 4.78 is 9.96. The summed E-state index contributed by atoms with van der Waals surface area (Å²) in [6.07, 6.45) is 0. The Balaban J connectivity index is 2.55. The zero-order valence-electron chi connectivity index (χ0n) is 10.4. The third kappa shape index (κ3) is 4.04. The van der Waals surface area contributed by atoms with Crippen LogP contribution in [0.5, 0.6) is 0 Å². The molecule has 1 rings (SSSR count). The van der Waals surface area contributed by atoms with Crippen LogP contribution in [0.1, 0.15) is 17.0 Å². The fraction of sp³-hybridized carbons (Fsp3) is 0.600. The molecule has 0 aliphatic carbocycles. The molecule has 0 aliphatic heterocycles. The van der Waals surface area contributed by atoms with Crippen molar-refractivity contribution in [3.8, 4) is 0 Å². The van der Waals surface area contributed by atoms with Crippen LogP contribution in [0, 0.1) is 13.8 Å². The van der Waals surface area contributed by atoms with Gasteiger partial charge in [-0.2, -0.15) is 0 Å². The highest BCUT2D eigenvalue weighted by Gasteiger charge is 2.08. The standard InChI is InChI=1S/C10H19N5O2/c1-7-9(8(2)17-15-7)6-13-10(14-11)12-4-5-16-3/h4-6,11H2,1-3H3,(H2,12,13,14). The Kier molecular flexibility index (Phi) is 5.44. The van der Waals surface area contributed by atoms with E-state index in [4.69, 9.17) is 15.1 Å². The maximum Gasteiger partial charge on any atom is 0.206 e. The average Bonchev–Trinajstić information content (AvgIpc) is 2.64. The second-order valence-corrected chi connectivity index (χ2v) is 3.53. The first kappa shape index (κ1) is 13.5. The van der Waals surface area contributed by atoms with Crippen molar-refractivity contribution in [1.82, 2.24) is 15.9 Å². The van der Waals surface area contributed by atoms with Crippen LogP contribution in [0.3, 0.4) is 0 Å². The number of ether oxygens (including phenoxy) is 1. The fourth-order valence-electron chi connectivity index (χ4n) is 1.31. The Labute approximate surface area is 100 Å². The minimum atomic E-state index is 0.473. The van der Waals surface area contributed by atoms with E-state index in [2.05, 4.69) is 20.9 Å². The largest absolute Gasteiger partial charge is 0.383 e. The smallest absolute Gasteiger partial charge is 0.206 e. The normalized spacial score (nSPS) is 11.6. The lowest BCUT2D eigenvalue weighted by atomic mass is 10.2. The lowest BCUT2D eigenvalue weighted by molar-refractivity contribution is 0.203. The molecule has 0 fully saturated rings. The topological polar surface area (TPSA) is 97.7 Å². The van der Waals surface area contributed by atoms with E-state index in [0.29, 0.717) is 25.7 Å². The minimum absolute atomic E-state index is 0.473. The summed E-state index contributed by atoms with van der Waals surface area (Å²) in [6, 6.07) is 0. The summed E-state index contributed by atoms with van der Waals surface area (Å²) in [6.45, 7) is 5.45. The molecular formula is C10H19N5O2. The maximum atomic E-state index is 5.35. The summed E-state index contributed by atoms with van der Waals surface area (Å²) in [5, 5.41) is 6.87. The zero-order valence-corrected chi connectivity index (χ0v) is 10.4. The highest BCUT2D eigenvalue weighted by Crippen LogP contribution is 2.12. The van der Waals surface area contributed by atoms with Gasteiger partial charge in [-0.25, -0.2) is 10.8 Å². The number of hydrogen-bond donors (Lipinski definition) is 3. The van der Waals surface area contributed by atoms with Gasteiger partial charge in [-0.1, -0.05) is 5.16 Å². The van der Waals surface area contributed by atoms with E-state index in [1.807, 2.05) is 13.8 Å². The predicted octanol–water partition coefficient (Wildman–Crippen LogP) is -0.153. The molecule has 4 N–H and O–H groups in total. The van der Waals surface area contributed by atoms with Gasteiger partial charge in [0.2, 0.25) is 5.96 Å². The number of aryl methyl sites for hydroxylation is 2. The number of hydrogen-bond acceptors (Lipinski definition) is 5. The molecular weight excluding hydrogens is 222 g/mol. The van der Waals surface area contributed by atoms with Crippen LogP contribution in [0.15, 0.2) is 9.52 Å². The molecule has 17 heavy (non-hydrogen) atoms. The Hall–Kier alpha value is -1.60. The molecule has 1 heterocycles. The van der Waals surface area contributed by atoms with E-state index < -0.39 is 0 Å². The van der Waals surface area contributed by atoms with Gasteiger partial charge in [0.05, 0.1) is 18.8 Å². The third-order valence-corrected chi connectivity index (χ3v) is 2.31. The van der Waals surface area contributed by atoms with Crippen molar-refractivity contribution in [2.75, 3.05) is 20.3 Å². The van der Waals surface area contributed by atoms with Crippen molar-refractivity contribution in [3.63, 3.8) is 0 Å². The molecule has 0 aliphatic rings. The van der Waals surface area contributed by atoms with Gasteiger partial charge in [0.1, 0.15) is 5.76 Å². The highest BCUT2D eigenvalue weighted by atomic mass is 16.5. The van der Waals surface area contributed by atoms with Gasteiger partial charge >= 0.3 is 0 Å². The number of nitrogens with two attached hydrogens (primary N) is 1. The van der Waals surface area contributed by atoms with E-state index >= 15 is 0 Å². The Morgan fingerprint density at radius 2 is 2.29 bits per heavy atom. The van der Waals surface area contributed by atoms with Gasteiger partial charge in [-0.3, -0.25) is 5.43 Å². The van der Waals surface area contributed by atoms with Gasteiger partial charge in [0.25, 0.3) is 0 Å². The number of nitrogens with one attached hydrogen (secondary N) is 2. The highest BCUT2D eigenvalue weighted by molar-refractivity contribution is 5.79. The van der Waals surface area contributed by atoms with E-state index in [0.717, 1.165) is 17.0 Å². The number of aromatic nitrogens is 1. The SMILES string of the molecule is COCCNC(=NCc1c(C)noc1C)NN. The van der Waals surface area contributed by atoms with Crippen LogP contribution in [-0.2, 0) is 11.3 Å². The first-order valence-corrected chi connectivity index (χ1v) is 5.34. The van der Waals surface area contributed by atoms with Crippen molar-refractivity contribution in [2.45, 2.75) is 20.4 Å². The van der Waals surface area contributed by atoms with E-state index in [9.17, 15) is 0 Å². The van der Waals surface area contributed by atoms with E-state index in [1.54, 1.807) is 7.11 Å². The molecule has 0 unspecified atom stereocenters. The first-order valence-electron chi connectivity index (χ1n) is 5.34. The van der Waals surface area contributed by atoms with Gasteiger partial charge < -0.3 is 14.6 Å². The molecule has 96 valence electrons. The number of rotatable bonds is 5. The van der Waals surface area contributed by atoms with Gasteiger partial charge in [-0.15, -0.1) is 0 Å². The van der Waals surface area contributed by atoms with Crippen molar-refractivity contribution >= 4 is 5.96 Å². The van der Waals surface area contributed by atoms with Crippen LogP contribution in [0.4, 0.5) is 0 Å². The lowest BCUT2D eigenvalue weighted by Gasteiger charge is -2.08. The molecule has 0 amide bonds. The van der Waals surface area contributed by atoms with Crippen LogP contribution in [0.25, 0.3) is 0 Å². The summed E-state index contributed by atoms with van der Waals surface area (Å²) in [5.74, 6) is 6.64. The molecule has 0 bridgehead atoms. The summed E-state index contributed by atoms with van der Waals surface area (Å²) in [5.41, 5.74) is 4.32. The summed E-state index contributed by atoms with van der Waals surface area (Å²) >= 11 is 0. The minimum Gasteiger partial charge on any atom is -0.383 e. The van der Waals surface area contributed by atoms with Gasteiger partial charge in [-0.05, 0) is 13.8 Å². The summed E-state index contributed by atoms with van der Waals surface area (Å²) in [7, 11) is 1.64. The van der Waals surface area contributed by atoms with Crippen LogP contribution in [0.2, 0.25) is 0 Å². The molecule has 1 aromatic heterocycles. The molecule has 7 nitrogen and oxygen atoms in total. The number of guanidine groups is 1. The van der Waals surface area contributed by atoms with Crippen molar-refractivity contribution in [1.29, 1.82) is 0 Å². The molecule has 0 saturated heterocycles. The zero-order chi connectivity index (χ0) is 12.7. The predicted molar refractivity (Wildman–Crippen MR) is 64.3 cm³/mol. The molecule has 1 aromatic rings.